The Bertz CT molecular complexity index is 1770. The van der Waals surface area contributed by atoms with Crippen LogP contribution in [-0.4, -0.2) is 3.21 Å². The van der Waals surface area contributed by atoms with Crippen molar-refractivity contribution in [1.29, 1.82) is 0 Å². The molecule has 0 aromatic heterocycles. The molecule has 0 saturated heterocycles. The predicted molar refractivity (Wildman–Crippen MR) is 191 cm³/mol. The molecule has 0 amide bonds. The number of benzene rings is 4. The molecule has 0 aliphatic heterocycles. The first-order valence-corrected chi connectivity index (χ1v) is 26.3. The Morgan fingerprint density at radius 2 is 0.955 bits per heavy atom. The Hall–Kier alpha value is -1.73. The summed E-state index contributed by atoms with van der Waals surface area (Å²) in [5, 5.41) is 1.34. The van der Waals surface area contributed by atoms with Gasteiger partial charge in [0.1, 0.15) is 0 Å². The Morgan fingerprint density at radius 1 is 0.568 bits per heavy atom. The molecule has 0 spiro atoms. The average molecular weight is 740 g/mol. The molecular weight excluding hydrogens is 701 g/mol. The van der Waals surface area contributed by atoms with Gasteiger partial charge in [0.25, 0.3) is 0 Å². The number of fused-ring (bicyclic) bond motifs is 3. The van der Waals surface area contributed by atoms with Gasteiger partial charge < -0.3 is 0 Å². The van der Waals surface area contributed by atoms with Crippen LogP contribution in [0.4, 0.5) is 0 Å². The fourth-order valence-corrected chi connectivity index (χ4v) is 26.7. The third kappa shape index (κ3) is 5.40. The molecule has 5 heteroatoms. The summed E-state index contributed by atoms with van der Waals surface area (Å²) in [6, 6.07) is 29.9. The van der Waals surface area contributed by atoms with Gasteiger partial charge in [0.05, 0.1) is 0 Å². The molecule has 0 atom stereocenters. The van der Waals surface area contributed by atoms with Gasteiger partial charge in [0, 0.05) is 0 Å². The molecule has 44 heavy (non-hydrogen) atoms. The number of hydrogen-bond donors (Lipinski definition) is 0. The van der Waals surface area contributed by atoms with E-state index in [-0.39, 0.29) is 18.1 Å². The molecule has 0 bridgehead atoms. The quantitative estimate of drug-likeness (QED) is 0.196. The molecule has 0 heterocycles. The minimum atomic E-state index is -5.40. The summed E-state index contributed by atoms with van der Waals surface area (Å²) in [6.45, 7) is 13.6. The molecule has 226 valence electrons. The van der Waals surface area contributed by atoms with Crippen LogP contribution in [0.5, 0.6) is 0 Å². The zero-order chi connectivity index (χ0) is 31.7. The van der Waals surface area contributed by atoms with Crippen LogP contribution in [-0.2, 0) is 26.7 Å². The van der Waals surface area contributed by atoms with Crippen molar-refractivity contribution in [2.75, 3.05) is 0 Å². The molecule has 4 aromatic carbocycles. The van der Waals surface area contributed by atoms with Crippen LogP contribution < -0.4 is 0 Å². The normalized spacial score (nSPS) is 15.5. The van der Waals surface area contributed by atoms with Gasteiger partial charge in [0.15, 0.2) is 0 Å². The van der Waals surface area contributed by atoms with E-state index in [1.54, 1.807) is 0 Å². The summed E-state index contributed by atoms with van der Waals surface area (Å²) in [5.74, 6) is 0. The minimum absolute atomic E-state index is 0.00426. The van der Waals surface area contributed by atoms with Crippen LogP contribution in [0.3, 0.4) is 0 Å². The van der Waals surface area contributed by atoms with Gasteiger partial charge in [-0.3, -0.25) is 0 Å². The van der Waals surface area contributed by atoms with Gasteiger partial charge in [-0.25, -0.2) is 0 Å². The zero-order valence-electron chi connectivity index (χ0n) is 26.1. The summed E-state index contributed by atoms with van der Waals surface area (Å²) >= 11 is 7.45. The Kier molecular flexibility index (Phi) is 8.21. The fourth-order valence-electron chi connectivity index (χ4n) is 6.99. The second kappa shape index (κ2) is 11.2. The van der Waals surface area contributed by atoms with Gasteiger partial charge in [-0.15, -0.1) is 0 Å². The van der Waals surface area contributed by atoms with Crippen molar-refractivity contribution in [2.45, 2.75) is 59.6 Å². The summed E-state index contributed by atoms with van der Waals surface area (Å²) in [5.41, 5.74) is 9.47. The summed E-state index contributed by atoms with van der Waals surface area (Å²) in [6.07, 6.45) is 8.60. The van der Waals surface area contributed by atoms with E-state index in [4.69, 9.17) is 40.2 Å². The van der Waals surface area contributed by atoms with E-state index >= 15 is 0 Å². The number of hydrogen-bond acceptors (Lipinski definition) is 0. The predicted octanol–water partition coefficient (Wildman–Crippen LogP) is 12.8. The molecule has 0 fully saturated rings. The molecule has 0 N–H and O–H groups in total. The molecule has 0 saturated carbocycles. The maximum atomic E-state index is 8.61. The molecular formula is C39H38Cl4Zr. The second-order valence-electron chi connectivity index (χ2n) is 14.4. The molecule has 0 unspecified atom stereocenters. The zero-order valence-corrected chi connectivity index (χ0v) is 31.5. The summed E-state index contributed by atoms with van der Waals surface area (Å²) in [7, 11) is 17.2. The number of halogens is 4. The monoisotopic (exact) mass is 736 g/mol. The van der Waals surface area contributed by atoms with Crippen LogP contribution in [0.1, 0.15) is 78.5 Å². The molecule has 2 aliphatic rings. The van der Waals surface area contributed by atoms with E-state index < -0.39 is 15.9 Å². The first kappa shape index (κ1) is 32.2. The van der Waals surface area contributed by atoms with Crippen molar-refractivity contribution in [1.82, 2.24) is 0 Å². The van der Waals surface area contributed by atoms with Crippen molar-refractivity contribution in [3.63, 3.8) is 0 Å². The van der Waals surface area contributed by atoms with Crippen LogP contribution in [0, 0.1) is 0 Å². The van der Waals surface area contributed by atoms with Crippen LogP contribution in [0.25, 0.3) is 11.1 Å². The summed E-state index contributed by atoms with van der Waals surface area (Å²) in [4.78, 5) is 0. The number of allylic oxidation sites excluding steroid dienone is 4. The average Bonchev–Trinajstić information content (AvgIpc) is 3.62. The van der Waals surface area contributed by atoms with Crippen molar-refractivity contribution >= 4 is 43.4 Å². The van der Waals surface area contributed by atoms with E-state index in [0.717, 1.165) is 14.3 Å². The Morgan fingerprint density at radius 3 is 1.32 bits per heavy atom. The van der Waals surface area contributed by atoms with Crippen LogP contribution in [0.15, 0.2) is 109 Å². The van der Waals surface area contributed by atoms with Crippen molar-refractivity contribution in [3.8, 4) is 11.1 Å². The maximum absolute atomic E-state index is 8.61. The van der Waals surface area contributed by atoms with Gasteiger partial charge in [-0.05, 0) is 0 Å². The molecule has 0 radical (unpaired) electrons. The van der Waals surface area contributed by atoms with E-state index in [9.17, 15) is 0 Å². The second-order valence-corrected chi connectivity index (χ2v) is 36.0. The molecule has 6 rings (SSSR count). The first-order valence-electron chi connectivity index (χ1n) is 15.2. The van der Waals surface area contributed by atoms with Gasteiger partial charge >= 0.3 is 283 Å². The van der Waals surface area contributed by atoms with E-state index in [1.165, 1.54) is 33.4 Å². The van der Waals surface area contributed by atoms with E-state index in [2.05, 4.69) is 127 Å². The van der Waals surface area contributed by atoms with E-state index in [0.29, 0.717) is 10.0 Å². The Balaban J connectivity index is 1.81. The van der Waals surface area contributed by atoms with Crippen molar-refractivity contribution < 1.29 is 15.9 Å². The molecule has 0 nitrogen and oxygen atoms in total. The van der Waals surface area contributed by atoms with Crippen molar-refractivity contribution in [2.24, 2.45) is 0 Å². The van der Waals surface area contributed by atoms with Crippen LogP contribution in [0.2, 0.25) is 13.7 Å². The van der Waals surface area contributed by atoms with Gasteiger partial charge in [0.2, 0.25) is 0 Å². The van der Waals surface area contributed by atoms with E-state index in [1.807, 2.05) is 24.3 Å². The SMILES string of the molecule is CC(C)(C)c1ccc2c(c1)-c1cc(C(C)(C)C)ccc1[CH]2[Zr]([Cl])([Cl])(=[C](c1ccc(Cl)cc1)c1ccc(Cl)cc1)[CH]1C=CC=C1. The standard InChI is InChI=1S/C21H25.C13H8Cl2.C5H5.2ClH.Zr/c1-20(2,3)16-9-7-14-11-15-8-10-17(21(4,5)6)13-19(15)18(14)12-16;14-12-5-1-10(2-6-12)9-11-3-7-13(15)8-4-11;1-2-4-5-3-1;;;/h7-13H,1-6H3;1-8H;1-5H;2*1H;/q;;;;;+2/p-2. The first-order chi connectivity index (χ1) is 20.6. The van der Waals surface area contributed by atoms with Gasteiger partial charge in [-0.2, -0.15) is 0 Å². The summed E-state index contributed by atoms with van der Waals surface area (Å²) < 4.78 is 0.703. The van der Waals surface area contributed by atoms with Crippen molar-refractivity contribution in [3.05, 3.63) is 153 Å². The fraction of sp³-hybridized carbons (Fsp3) is 0.256. The molecule has 4 aromatic rings. The third-order valence-corrected chi connectivity index (χ3v) is 29.5. The molecule has 2 aliphatic carbocycles. The van der Waals surface area contributed by atoms with Gasteiger partial charge in [-0.1, -0.05) is 0 Å². The van der Waals surface area contributed by atoms with Crippen LogP contribution >= 0.6 is 40.2 Å². The third-order valence-electron chi connectivity index (χ3n) is 9.38. The topological polar surface area (TPSA) is 0 Å². The number of rotatable bonds is 4. The Labute approximate surface area is 280 Å².